The largest absolute Gasteiger partial charge is 0.494 e. The first-order chi connectivity index (χ1) is 15.0. The van der Waals surface area contributed by atoms with Crippen LogP contribution in [0.5, 0.6) is 11.5 Å². The zero-order valence-corrected chi connectivity index (χ0v) is 17.7. The number of carboxylic acids is 2. The lowest BCUT2D eigenvalue weighted by Crippen LogP contribution is -2.30. The van der Waals surface area contributed by atoms with Crippen molar-refractivity contribution in [2.45, 2.75) is 38.7 Å². The predicted molar refractivity (Wildman–Crippen MR) is 118 cm³/mol. The molecule has 0 amide bonds. The molecule has 168 valence electrons. The Morgan fingerprint density at radius 3 is 1.94 bits per heavy atom. The van der Waals surface area contributed by atoms with Crippen LogP contribution in [0.25, 0.3) is 0 Å². The van der Waals surface area contributed by atoms with Crippen molar-refractivity contribution >= 4 is 11.9 Å². The fourth-order valence-electron chi connectivity index (χ4n) is 3.18. The SMILES string of the molecule is O=C(O)C(=O)O.c1ccc(COc2ccc(OCCCCN3CCCCC3)cc2)cc1. The number of rotatable bonds is 9. The van der Waals surface area contributed by atoms with Gasteiger partial charge in [0, 0.05) is 0 Å². The molecule has 0 atom stereocenters. The van der Waals surface area contributed by atoms with Gasteiger partial charge < -0.3 is 24.6 Å². The van der Waals surface area contributed by atoms with E-state index in [0.29, 0.717) is 6.61 Å². The van der Waals surface area contributed by atoms with Crippen molar-refractivity contribution in [1.29, 1.82) is 0 Å². The summed E-state index contributed by atoms with van der Waals surface area (Å²) < 4.78 is 11.6. The maximum absolute atomic E-state index is 9.10. The lowest BCUT2D eigenvalue weighted by molar-refractivity contribution is -0.159. The second-order valence-corrected chi connectivity index (χ2v) is 7.31. The van der Waals surface area contributed by atoms with E-state index in [0.717, 1.165) is 24.5 Å². The summed E-state index contributed by atoms with van der Waals surface area (Å²) in [6.07, 6.45) is 6.48. The summed E-state index contributed by atoms with van der Waals surface area (Å²) in [6.45, 7) is 5.17. The van der Waals surface area contributed by atoms with E-state index in [4.69, 9.17) is 29.3 Å². The maximum Gasteiger partial charge on any atom is 0.414 e. The van der Waals surface area contributed by atoms with Gasteiger partial charge in [0.2, 0.25) is 0 Å². The molecule has 0 unspecified atom stereocenters. The van der Waals surface area contributed by atoms with E-state index >= 15 is 0 Å². The summed E-state index contributed by atoms with van der Waals surface area (Å²) in [6, 6.07) is 18.2. The fraction of sp³-hybridized carbons (Fsp3) is 0.417. The van der Waals surface area contributed by atoms with Gasteiger partial charge in [-0.15, -0.1) is 0 Å². The molecule has 0 radical (unpaired) electrons. The van der Waals surface area contributed by atoms with E-state index in [2.05, 4.69) is 17.0 Å². The third-order valence-corrected chi connectivity index (χ3v) is 4.84. The molecule has 2 aromatic carbocycles. The van der Waals surface area contributed by atoms with Crippen molar-refractivity contribution < 1.29 is 29.3 Å². The molecule has 1 aliphatic rings. The minimum absolute atomic E-state index is 0.595. The molecule has 0 bridgehead atoms. The normalized spacial score (nSPS) is 13.5. The Hall–Kier alpha value is -3.06. The molecule has 7 nitrogen and oxygen atoms in total. The van der Waals surface area contributed by atoms with E-state index in [1.54, 1.807) is 0 Å². The molecule has 1 saturated heterocycles. The average Bonchev–Trinajstić information content (AvgIpc) is 2.80. The van der Waals surface area contributed by atoms with Crippen molar-refractivity contribution in [2.24, 2.45) is 0 Å². The summed E-state index contributed by atoms with van der Waals surface area (Å²) >= 11 is 0. The van der Waals surface area contributed by atoms with Crippen molar-refractivity contribution in [3.8, 4) is 11.5 Å². The highest BCUT2D eigenvalue weighted by Crippen LogP contribution is 2.19. The zero-order valence-electron chi connectivity index (χ0n) is 17.7. The van der Waals surface area contributed by atoms with Gasteiger partial charge in [0.25, 0.3) is 0 Å². The van der Waals surface area contributed by atoms with Crippen LogP contribution < -0.4 is 9.47 Å². The van der Waals surface area contributed by atoms with E-state index in [1.165, 1.54) is 50.9 Å². The molecular formula is C24H31NO6. The molecule has 1 fully saturated rings. The number of piperidine rings is 1. The first kappa shape index (κ1) is 24.2. The van der Waals surface area contributed by atoms with Crippen LogP contribution in [0, 0.1) is 0 Å². The Bertz CT molecular complexity index is 760. The number of carboxylic acid groups (broad SMARTS) is 2. The van der Waals surface area contributed by atoms with Gasteiger partial charge in [-0.1, -0.05) is 36.8 Å². The number of nitrogens with zero attached hydrogens (tertiary/aromatic N) is 1. The van der Waals surface area contributed by atoms with Gasteiger partial charge in [-0.25, -0.2) is 9.59 Å². The predicted octanol–water partition coefficient (Wildman–Crippen LogP) is 4.07. The Morgan fingerprint density at radius 2 is 1.35 bits per heavy atom. The van der Waals surface area contributed by atoms with Gasteiger partial charge in [-0.3, -0.25) is 0 Å². The van der Waals surface area contributed by atoms with Crippen LogP contribution in [0.1, 0.15) is 37.7 Å². The molecule has 2 aromatic rings. The zero-order chi connectivity index (χ0) is 22.3. The topological polar surface area (TPSA) is 96.3 Å². The van der Waals surface area contributed by atoms with Crippen LogP contribution in [0.4, 0.5) is 0 Å². The lowest BCUT2D eigenvalue weighted by Gasteiger charge is -2.26. The average molecular weight is 430 g/mol. The second kappa shape index (κ2) is 14.0. The van der Waals surface area contributed by atoms with Gasteiger partial charge in [0.1, 0.15) is 18.1 Å². The van der Waals surface area contributed by atoms with Crippen LogP contribution in [0.3, 0.4) is 0 Å². The van der Waals surface area contributed by atoms with Crippen molar-refractivity contribution in [2.75, 3.05) is 26.2 Å². The van der Waals surface area contributed by atoms with E-state index < -0.39 is 11.9 Å². The highest BCUT2D eigenvalue weighted by Gasteiger charge is 2.08. The van der Waals surface area contributed by atoms with Crippen LogP contribution in [0.15, 0.2) is 54.6 Å². The van der Waals surface area contributed by atoms with E-state index in [-0.39, 0.29) is 0 Å². The molecule has 0 spiro atoms. The molecule has 0 saturated carbocycles. The first-order valence-electron chi connectivity index (χ1n) is 10.6. The Kier molecular flexibility index (Phi) is 11.0. The van der Waals surface area contributed by atoms with Crippen LogP contribution in [0.2, 0.25) is 0 Å². The van der Waals surface area contributed by atoms with Gasteiger partial charge in [-0.2, -0.15) is 0 Å². The Balaban J connectivity index is 0.000000501. The summed E-state index contributed by atoms with van der Waals surface area (Å²) in [5.41, 5.74) is 1.18. The summed E-state index contributed by atoms with van der Waals surface area (Å²) in [5.74, 6) is -1.85. The lowest BCUT2D eigenvalue weighted by atomic mass is 10.1. The molecule has 0 aromatic heterocycles. The third-order valence-electron chi connectivity index (χ3n) is 4.84. The number of benzene rings is 2. The molecule has 1 aliphatic heterocycles. The molecule has 2 N–H and O–H groups in total. The van der Waals surface area contributed by atoms with Crippen LogP contribution in [-0.4, -0.2) is 53.3 Å². The minimum atomic E-state index is -1.82. The van der Waals surface area contributed by atoms with E-state index in [1.807, 2.05) is 42.5 Å². The molecule has 0 aliphatic carbocycles. The van der Waals surface area contributed by atoms with Gasteiger partial charge in [0.05, 0.1) is 6.61 Å². The summed E-state index contributed by atoms with van der Waals surface area (Å²) in [4.78, 5) is 20.8. The van der Waals surface area contributed by atoms with Gasteiger partial charge in [0.15, 0.2) is 0 Å². The quantitative estimate of drug-likeness (QED) is 0.458. The van der Waals surface area contributed by atoms with Crippen molar-refractivity contribution in [3.63, 3.8) is 0 Å². The van der Waals surface area contributed by atoms with Gasteiger partial charge >= 0.3 is 11.9 Å². The number of ether oxygens (including phenoxy) is 2. The minimum Gasteiger partial charge on any atom is -0.494 e. The Morgan fingerprint density at radius 1 is 0.774 bits per heavy atom. The van der Waals surface area contributed by atoms with E-state index in [9.17, 15) is 0 Å². The smallest absolute Gasteiger partial charge is 0.414 e. The molecule has 31 heavy (non-hydrogen) atoms. The number of aliphatic carboxylic acids is 2. The summed E-state index contributed by atoms with van der Waals surface area (Å²) in [7, 11) is 0. The molecule has 7 heteroatoms. The third kappa shape index (κ3) is 10.5. The second-order valence-electron chi connectivity index (χ2n) is 7.31. The van der Waals surface area contributed by atoms with Crippen molar-refractivity contribution in [1.82, 2.24) is 4.90 Å². The first-order valence-corrected chi connectivity index (χ1v) is 10.6. The molecule has 3 rings (SSSR count). The number of hydrogen-bond donors (Lipinski definition) is 2. The van der Waals surface area contributed by atoms with Crippen LogP contribution >= 0.6 is 0 Å². The van der Waals surface area contributed by atoms with Crippen LogP contribution in [-0.2, 0) is 16.2 Å². The van der Waals surface area contributed by atoms with Gasteiger partial charge in [-0.05, 0) is 75.1 Å². The Labute approximate surface area is 183 Å². The highest BCUT2D eigenvalue weighted by molar-refractivity contribution is 6.27. The highest BCUT2D eigenvalue weighted by atomic mass is 16.5. The maximum atomic E-state index is 9.10. The fourth-order valence-corrected chi connectivity index (χ4v) is 3.18. The number of hydrogen-bond acceptors (Lipinski definition) is 5. The standard InChI is InChI=1S/C22H29NO2.C2H2O4/c1-3-9-20(10-4-1)19-25-22-13-11-21(12-14-22)24-18-8-7-17-23-15-5-2-6-16-23;3-1(4)2(5)6/h1,3-4,9-14H,2,5-8,15-19H2;(H,3,4)(H,5,6). The summed E-state index contributed by atoms with van der Waals surface area (Å²) in [5, 5.41) is 14.8. The monoisotopic (exact) mass is 429 g/mol. The van der Waals surface area contributed by atoms with Crippen molar-refractivity contribution in [3.05, 3.63) is 60.2 Å². The number of likely N-dealkylation sites (tertiary alicyclic amines) is 1. The molecule has 1 heterocycles. The molecular weight excluding hydrogens is 398 g/mol. The number of carbonyl (C=O) groups is 2. The number of unbranched alkanes of at least 4 members (excludes halogenated alkanes) is 1.